The first-order chi connectivity index (χ1) is 13.1. The number of carbonyl (C=O) groups is 1. The summed E-state index contributed by atoms with van der Waals surface area (Å²) >= 11 is 7.20. The van der Waals surface area contributed by atoms with Gasteiger partial charge in [-0.25, -0.2) is 0 Å². The van der Waals surface area contributed by atoms with E-state index in [1.165, 1.54) is 22.6 Å². The number of fused-ring (bicyclic) bond motifs is 1. The van der Waals surface area contributed by atoms with Crippen LogP contribution in [0, 0.1) is 0 Å². The number of nitrogens with one attached hydrogen (secondary N) is 1. The van der Waals surface area contributed by atoms with Gasteiger partial charge in [0.15, 0.2) is 0 Å². The van der Waals surface area contributed by atoms with E-state index in [9.17, 15) is 4.79 Å². The van der Waals surface area contributed by atoms with Crippen molar-refractivity contribution >= 4 is 40.2 Å². The van der Waals surface area contributed by atoms with Crippen molar-refractivity contribution in [2.45, 2.75) is 32.4 Å². The number of para-hydroxylation sites is 1. The van der Waals surface area contributed by atoms with Gasteiger partial charge in [0.2, 0.25) is 5.01 Å². The molecule has 5 nitrogen and oxygen atoms in total. The van der Waals surface area contributed by atoms with Crippen molar-refractivity contribution in [2.24, 2.45) is 0 Å². The van der Waals surface area contributed by atoms with Gasteiger partial charge in [0.25, 0.3) is 5.91 Å². The lowest BCUT2D eigenvalue weighted by Crippen LogP contribution is -2.36. The Morgan fingerprint density at radius 3 is 2.81 bits per heavy atom. The van der Waals surface area contributed by atoms with Crippen LogP contribution in [-0.4, -0.2) is 22.1 Å². The van der Waals surface area contributed by atoms with Crippen molar-refractivity contribution in [3.8, 4) is 0 Å². The minimum Gasteiger partial charge on any atom is -0.362 e. The zero-order chi connectivity index (χ0) is 18.8. The summed E-state index contributed by atoms with van der Waals surface area (Å²) in [6.45, 7) is 2.88. The summed E-state index contributed by atoms with van der Waals surface area (Å²) in [5.41, 5.74) is 3.29. The summed E-state index contributed by atoms with van der Waals surface area (Å²) in [5.74, 6) is -0.256. The fourth-order valence-electron chi connectivity index (χ4n) is 3.27. The monoisotopic (exact) mass is 398 g/mol. The second kappa shape index (κ2) is 7.66. The predicted molar refractivity (Wildman–Crippen MR) is 110 cm³/mol. The minimum atomic E-state index is -0.256. The quantitative estimate of drug-likeness (QED) is 0.686. The Labute approximate surface area is 167 Å². The summed E-state index contributed by atoms with van der Waals surface area (Å²) in [7, 11) is 0. The van der Waals surface area contributed by atoms with Crippen LogP contribution in [0.3, 0.4) is 0 Å². The lowest BCUT2D eigenvalue weighted by atomic mass is 9.97. The van der Waals surface area contributed by atoms with E-state index in [2.05, 4.69) is 51.6 Å². The number of hydrogen-bond donors (Lipinski definition) is 1. The number of halogens is 1. The van der Waals surface area contributed by atoms with E-state index in [-0.39, 0.29) is 5.91 Å². The Kier molecular flexibility index (Phi) is 5.09. The van der Waals surface area contributed by atoms with Crippen molar-refractivity contribution < 1.29 is 4.79 Å². The van der Waals surface area contributed by atoms with Gasteiger partial charge in [-0.1, -0.05) is 41.1 Å². The van der Waals surface area contributed by atoms with Gasteiger partial charge in [-0.3, -0.25) is 4.79 Å². The Morgan fingerprint density at radius 2 is 2.00 bits per heavy atom. The molecule has 27 heavy (non-hydrogen) atoms. The lowest BCUT2D eigenvalue weighted by Gasteiger charge is -2.36. The minimum absolute atomic E-state index is 0.256. The molecule has 0 aliphatic carbocycles. The number of anilines is 2. The standard InChI is InChI=1S/C20H19ClN4OS/c1-13-6-7-14-4-2-3-5-17(14)25(13)12-18-23-24-20(27-18)19(26)22-16-10-8-15(21)9-11-16/h2-5,8-11,13H,6-7,12H2,1H3,(H,22,26). The molecule has 0 spiro atoms. The van der Waals surface area contributed by atoms with E-state index in [0.29, 0.717) is 28.3 Å². The zero-order valence-electron chi connectivity index (χ0n) is 14.9. The molecule has 138 valence electrons. The molecule has 2 aromatic carbocycles. The SMILES string of the molecule is CC1CCc2ccccc2N1Cc1nnc(C(=O)Nc2ccc(Cl)cc2)s1. The summed E-state index contributed by atoms with van der Waals surface area (Å²) < 4.78 is 0. The highest BCUT2D eigenvalue weighted by Crippen LogP contribution is 2.32. The molecule has 0 bridgehead atoms. The van der Waals surface area contributed by atoms with E-state index in [0.717, 1.165) is 17.8 Å². The summed E-state index contributed by atoms with van der Waals surface area (Å²) in [5, 5.41) is 13.0. The number of amides is 1. The first-order valence-electron chi connectivity index (χ1n) is 8.84. The van der Waals surface area contributed by atoms with E-state index in [1.54, 1.807) is 24.3 Å². The van der Waals surface area contributed by atoms with E-state index in [4.69, 9.17) is 11.6 Å². The van der Waals surface area contributed by atoms with Gasteiger partial charge in [0.05, 0.1) is 6.54 Å². The molecule has 0 saturated carbocycles. The van der Waals surface area contributed by atoms with Gasteiger partial charge in [-0.2, -0.15) is 0 Å². The number of benzene rings is 2. The lowest BCUT2D eigenvalue weighted by molar-refractivity contribution is 0.102. The van der Waals surface area contributed by atoms with Crippen molar-refractivity contribution in [2.75, 3.05) is 10.2 Å². The van der Waals surface area contributed by atoms with Gasteiger partial charge in [-0.15, -0.1) is 10.2 Å². The number of rotatable bonds is 4. The second-order valence-electron chi connectivity index (χ2n) is 6.61. The first kappa shape index (κ1) is 17.9. The van der Waals surface area contributed by atoms with E-state index in [1.807, 2.05) is 0 Å². The third-order valence-electron chi connectivity index (χ3n) is 4.73. The first-order valence-corrected chi connectivity index (χ1v) is 10.0. The summed E-state index contributed by atoms with van der Waals surface area (Å²) in [4.78, 5) is 14.8. The van der Waals surface area contributed by atoms with Gasteiger partial charge in [-0.05, 0) is 55.7 Å². The molecule has 0 fully saturated rings. The van der Waals surface area contributed by atoms with Crippen LogP contribution in [0.2, 0.25) is 5.02 Å². The Morgan fingerprint density at radius 1 is 1.22 bits per heavy atom. The Balaban J connectivity index is 1.48. The van der Waals surface area contributed by atoms with E-state index < -0.39 is 0 Å². The maximum Gasteiger partial charge on any atom is 0.286 e. The van der Waals surface area contributed by atoms with Gasteiger partial charge in [0.1, 0.15) is 5.01 Å². The highest BCUT2D eigenvalue weighted by Gasteiger charge is 2.24. The molecular formula is C20H19ClN4OS. The van der Waals surface area contributed by atoms with Crippen molar-refractivity contribution in [3.63, 3.8) is 0 Å². The molecule has 1 atom stereocenters. The smallest absolute Gasteiger partial charge is 0.286 e. The molecule has 2 heterocycles. The molecule has 1 aliphatic rings. The maximum absolute atomic E-state index is 12.4. The maximum atomic E-state index is 12.4. The van der Waals surface area contributed by atoms with Crippen LogP contribution in [0.4, 0.5) is 11.4 Å². The van der Waals surface area contributed by atoms with Crippen LogP contribution in [0.25, 0.3) is 0 Å². The number of aromatic nitrogens is 2. The third-order valence-corrected chi connectivity index (χ3v) is 5.89. The second-order valence-corrected chi connectivity index (χ2v) is 8.10. The van der Waals surface area contributed by atoms with Gasteiger partial charge in [0, 0.05) is 22.4 Å². The Hall–Kier alpha value is -2.44. The van der Waals surface area contributed by atoms with Crippen LogP contribution in [0.1, 0.15) is 33.7 Å². The highest BCUT2D eigenvalue weighted by molar-refractivity contribution is 7.13. The van der Waals surface area contributed by atoms with Crippen LogP contribution in [-0.2, 0) is 13.0 Å². The van der Waals surface area contributed by atoms with Crippen LogP contribution in [0.15, 0.2) is 48.5 Å². The molecule has 1 unspecified atom stereocenters. The van der Waals surface area contributed by atoms with E-state index >= 15 is 0 Å². The average molecular weight is 399 g/mol. The fraction of sp³-hybridized carbons (Fsp3) is 0.250. The van der Waals surface area contributed by atoms with Crippen LogP contribution >= 0.6 is 22.9 Å². The third kappa shape index (κ3) is 3.96. The molecule has 0 radical (unpaired) electrons. The average Bonchev–Trinajstić information content (AvgIpc) is 3.15. The predicted octanol–water partition coefficient (Wildman–Crippen LogP) is 4.79. The normalized spacial score (nSPS) is 16.1. The largest absolute Gasteiger partial charge is 0.362 e. The molecule has 1 aliphatic heterocycles. The molecule has 1 amide bonds. The molecule has 3 aromatic rings. The summed E-state index contributed by atoms with van der Waals surface area (Å²) in [6.07, 6.45) is 2.21. The van der Waals surface area contributed by atoms with Gasteiger partial charge < -0.3 is 10.2 Å². The number of carbonyl (C=O) groups excluding carboxylic acids is 1. The number of nitrogens with zero attached hydrogens (tertiary/aromatic N) is 3. The molecule has 0 saturated heterocycles. The van der Waals surface area contributed by atoms with Crippen LogP contribution in [0.5, 0.6) is 0 Å². The zero-order valence-corrected chi connectivity index (χ0v) is 16.4. The van der Waals surface area contributed by atoms with Crippen molar-refractivity contribution in [1.82, 2.24) is 10.2 Å². The number of hydrogen-bond acceptors (Lipinski definition) is 5. The molecule has 1 N–H and O–H groups in total. The molecule has 1 aromatic heterocycles. The van der Waals surface area contributed by atoms with Crippen LogP contribution < -0.4 is 10.2 Å². The van der Waals surface area contributed by atoms with Crippen molar-refractivity contribution in [1.29, 1.82) is 0 Å². The fourth-order valence-corrected chi connectivity index (χ4v) is 4.13. The van der Waals surface area contributed by atoms with Crippen molar-refractivity contribution in [3.05, 3.63) is 69.1 Å². The summed E-state index contributed by atoms with van der Waals surface area (Å²) in [6, 6.07) is 15.9. The van der Waals surface area contributed by atoms with Gasteiger partial charge >= 0.3 is 0 Å². The number of aryl methyl sites for hydroxylation is 1. The molecule has 7 heteroatoms. The molecular weight excluding hydrogens is 380 g/mol. The highest BCUT2D eigenvalue weighted by atomic mass is 35.5. The Bertz CT molecular complexity index is 957. The topological polar surface area (TPSA) is 58.1 Å². The molecule has 4 rings (SSSR count).